The molecule has 0 radical (unpaired) electrons. The first-order valence-corrected chi connectivity index (χ1v) is 6.91. The highest BCUT2D eigenvalue weighted by Crippen LogP contribution is 2.15. The van der Waals surface area contributed by atoms with Gasteiger partial charge in [-0.3, -0.25) is 4.79 Å². The first-order chi connectivity index (χ1) is 10.0. The summed E-state index contributed by atoms with van der Waals surface area (Å²) >= 11 is 0. The SMILES string of the molecule is CCCNCc1cn(-c2ccc(F)c(F)c2)c(C)cc1=O. The van der Waals surface area contributed by atoms with Gasteiger partial charge in [-0.2, -0.15) is 0 Å². The second-order valence-electron chi connectivity index (χ2n) is 4.95. The Kier molecular flexibility index (Phi) is 4.85. The Morgan fingerprint density at radius 2 is 1.95 bits per heavy atom. The van der Waals surface area contributed by atoms with E-state index in [9.17, 15) is 13.6 Å². The van der Waals surface area contributed by atoms with Crippen molar-refractivity contribution < 1.29 is 8.78 Å². The van der Waals surface area contributed by atoms with Crippen LogP contribution in [-0.4, -0.2) is 11.1 Å². The van der Waals surface area contributed by atoms with Crippen molar-refractivity contribution in [1.82, 2.24) is 9.88 Å². The molecular weight excluding hydrogens is 274 g/mol. The van der Waals surface area contributed by atoms with E-state index in [1.165, 1.54) is 12.1 Å². The average Bonchev–Trinajstić information content (AvgIpc) is 2.44. The largest absolute Gasteiger partial charge is 0.320 e. The minimum absolute atomic E-state index is 0.0602. The average molecular weight is 292 g/mol. The number of hydrogen-bond donors (Lipinski definition) is 1. The Bertz CT molecular complexity index is 695. The van der Waals surface area contributed by atoms with Crippen LogP contribution >= 0.6 is 0 Å². The Balaban J connectivity index is 2.40. The Morgan fingerprint density at radius 3 is 2.62 bits per heavy atom. The van der Waals surface area contributed by atoms with Gasteiger partial charge in [0.05, 0.1) is 0 Å². The van der Waals surface area contributed by atoms with Crippen LogP contribution in [0.25, 0.3) is 5.69 Å². The van der Waals surface area contributed by atoms with Gasteiger partial charge in [0.25, 0.3) is 0 Å². The van der Waals surface area contributed by atoms with Crippen LogP contribution in [0.1, 0.15) is 24.6 Å². The molecule has 2 aromatic rings. The van der Waals surface area contributed by atoms with Crippen molar-refractivity contribution in [2.75, 3.05) is 6.54 Å². The summed E-state index contributed by atoms with van der Waals surface area (Å²) in [6.45, 7) is 5.07. The fourth-order valence-corrected chi connectivity index (χ4v) is 2.12. The smallest absolute Gasteiger partial charge is 0.186 e. The zero-order valence-corrected chi connectivity index (χ0v) is 12.1. The van der Waals surface area contributed by atoms with E-state index in [0.29, 0.717) is 23.5 Å². The summed E-state index contributed by atoms with van der Waals surface area (Å²) in [6.07, 6.45) is 2.65. The molecule has 1 N–H and O–H groups in total. The van der Waals surface area contributed by atoms with Gasteiger partial charge in [-0.05, 0) is 32.0 Å². The van der Waals surface area contributed by atoms with Crippen molar-refractivity contribution in [3.63, 3.8) is 0 Å². The number of aromatic nitrogens is 1. The summed E-state index contributed by atoms with van der Waals surface area (Å²) < 4.78 is 28.1. The predicted octanol–water partition coefficient (Wildman–Crippen LogP) is 2.92. The molecule has 0 unspecified atom stereocenters. The molecular formula is C16H18F2N2O. The van der Waals surface area contributed by atoms with Crippen LogP contribution in [0.4, 0.5) is 8.78 Å². The van der Waals surface area contributed by atoms with Gasteiger partial charge in [0.1, 0.15) is 0 Å². The van der Waals surface area contributed by atoms with Gasteiger partial charge in [0.15, 0.2) is 17.1 Å². The molecule has 0 bridgehead atoms. The molecule has 0 atom stereocenters. The molecule has 0 spiro atoms. The van der Waals surface area contributed by atoms with Crippen LogP contribution < -0.4 is 10.7 Å². The molecule has 0 fully saturated rings. The van der Waals surface area contributed by atoms with Crippen LogP contribution in [0.5, 0.6) is 0 Å². The summed E-state index contributed by atoms with van der Waals surface area (Å²) in [6, 6.07) is 5.19. The molecule has 0 aliphatic carbocycles. The molecule has 0 aliphatic heterocycles. The summed E-state index contributed by atoms with van der Waals surface area (Å²) in [4.78, 5) is 12.0. The highest BCUT2D eigenvalue weighted by Gasteiger charge is 2.08. The van der Waals surface area contributed by atoms with Gasteiger partial charge in [0, 0.05) is 41.8 Å². The van der Waals surface area contributed by atoms with E-state index in [2.05, 4.69) is 5.32 Å². The van der Waals surface area contributed by atoms with Crippen LogP contribution in [0.15, 0.2) is 35.3 Å². The molecule has 0 saturated heterocycles. The fraction of sp³-hybridized carbons (Fsp3) is 0.312. The number of aryl methyl sites for hydroxylation is 1. The highest BCUT2D eigenvalue weighted by molar-refractivity contribution is 5.36. The van der Waals surface area contributed by atoms with Crippen LogP contribution in [0, 0.1) is 18.6 Å². The number of benzene rings is 1. The van der Waals surface area contributed by atoms with Gasteiger partial charge in [0.2, 0.25) is 0 Å². The second kappa shape index (κ2) is 6.63. The molecule has 0 amide bonds. The van der Waals surface area contributed by atoms with Crippen LogP contribution in [-0.2, 0) is 6.54 Å². The van der Waals surface area contributed by atoms with Gasteiger partial charge >= 0.3 is 0 Å². The van der Waals surface area contributed by atoms with Crippen molar-refractivity contribution in [1.29, 1.82) is 0 Å². The van der Waals surface area contributed by atoms with Crippen molar-refractivity contribution in [2.24, 2.45) is 0 Å². The zero-order chi connectivity index (χ0) is 15.4. The normalized spacial score (nSPS) is 10.9. The number of nitrogens with zero attached hydrogens (tertiary/aromatic N) is 1. The highest BCUT2D eigenvalue weighted by atomic mass is 19.2. The van der Waals surface area contributed by atoms with Crippen molar-refractivity contribution in [3.8, 4) is 5.69 Å². The van der Waals surface area contributed by atoms with Crippen molar-refractivity contribution in [2.45, 2.75) is 26.8 Å². The van der Waals surface area contributed by atoms with E-state index < -0.39 is 11.6 Å². The number of pyridine rings is 1. The molecule has 1 aromatic heterocycles. The lowest BCUT2D eigenvalue weighted by Crippen LogP contribution is -2.22. The number of nitrogens with one attached hydrogen (secondary N) is 1. The lowest BCUT2D eigenvalue weighted by Gasteiger charge is -2.13. The maximum atomic E-state index is 13.4. The lowest BCUT2D eigenvalue weighted by atomic mass is 10.2. The topological polar surface area (TPSA) is 34.0 Å². The van der Waals surface area contributed by atoms with Crippen LogP contribution in [0.3, 0.4) is 0 Å². The predicted molar refractivity (Wildman–Crippen MR) is 78.7 cm³/mol. The molecule has 3 nitrogen and oxygen atoms in total. The Hall–Kier alpha value is -2.01. The first kappa shape index (κ1) is 15.4. The number of hydrogen-bond acceptors (Lipinski definition) is 2. The summed E-state index contributed by atoms with van der Waals surface area (Å²) in [5, 5.41) is 3.16. The third-order valence-corrected chi connectivity index (χ3v) is 3.24. The molecule has 0 aliphatic rings. The third-order valence-electron chi connectivity index (χ3n) is 3.24. The van der Waals surface area contributed by atoms with Gasteiger partial charge in [-0.25, -0.2) is 8.78 Å². The molecule has 0 saturated carbocycles. The standard InChI is InChI=1S/C16H18F2N2O/c1-3-6-19-9-12-10-20(11(2)7-16(12)21)13-4-5-14(17)15(18)8-13/h4-5,7-8,10,19H,3,6,9H2,1-2H3. The van der Waals surface area contributed by atoms with E-state index in [-0.39, 0.29) is 5.43 Å². The molecule has 2 rings (SSSR count). The lowest BCUT2D eigenvalue weighted by molar-refractivity contribution is 0.508. The minimum atomic E-state index is -0.906. The van der Waals surface area contributed by atoms with Crippen molar-refractivity contribution >= 4 is 0 Å². The van der Waals surface area contributed by atoms with Gasteiger partial charge in [-0.15, -0.1) is 0 Å². The molecule has 112 valence electrons. The fourth-order valence-electron chi connectivity index (χ4n) is 2.12. The minimum Gasteiger partial charge on any atom is -0.320 e. The molecule has 21 heavy (non-hydrogen) atoms. The monoisotopic (exact) mass is 292 g/mol. The first-order valence-electron chi connectivity index (χ1n) is 6.91. The van der Waals surface area contributed by atoms with E-state index in [4.69, 9.17) is 0 Å². The van der Waals surface area contributed by atoms with Gasteiger partial charge in [-0.1, -0.05) is 6.92 Å². The molecule has 5 heteroatoms. The van der Waals surface area contributed by atoms with Crippen LogP contribution in [0.2, 0.25) is 0 Å². The summed E-state index contributed by atoms with van der Waals surface area (Å²) in [5.74, 6) is -1.79. The van der Waals surface area contributed by atoms with Gasteiger partial charge < -0.3 is 9.88 Å². The Morgan fingerprint density at radius 1 is 1.19 bits per heavy atom. The molecule has 1 aromatic carbocycles. The second-order valence-corrected chi connectivity index (χ2v) is 4.95. The Labute approximate surface area is 122 Å². The maximum Gasteiger partial charge on any atom is 0.186 e. The third kappa shape index (κ3) is 3.55. The van der Waals surface area contributed by atoms with E-state index in [1.807, 2.05) is 6.92 Å². The number of halogens is 2. The summed E-state index contributed by atoms with van der Waals surface area (Å²) in [5.41, 5.74) is 1.70. The van der Waals surface area contributed by atoms with E-state index in [1.54, 1.807) is 17.7 Å². The number of rotatable bonds is 5. The summed E-state index contributed by atoms with van der Waals surface area (Å²) in [7, 11) is 0. The quantitative estimate of drug-likeness (QED) is 0.860. The van der Waals surface area contributed by atoms with E-state index in [0.717, 1.165) is 25.1 Å². The van der Waals surface area contributed by atoms with Crippen molar-refractivity contribution in [3.05, 3.63) is 63.6 Å². The molecule has 1 heterocycles. The zero-order valence-electron chi connectivity index (χ0n) is 12.1. The van der Waals surface area contributed by atoms with E-state index >= 15 is 0 Å². The maximum absolute atomic E-state index is 13.4.